The molecule has 0 amide bonds. The van der Waals surface area contributed by atoms with Crippen LogP contribution in [0.2, 0.25) is 0 Å². The van der Waals surface area contributed by atoms with Crippen molar-refractivity contribution in [1.29, 1.82) is 0 Å². The first kappa shape index (κ1) is 12.8. The molecule has 0 aromatic rings. The molecule has 1 atom stereocenters. The molecule has 4 heteroatoms. The highest BCUT2D eigenvalue weighted by Gasteiger charge is 2.48. The molecule has 2 rings (SSSR count). The Morgan fingerprint density at radius 1 is 1.29 bits per heavy atom. The Labute approximate surface area is 104 Å². The number of piperazine rings is 1. The van der Waals surface area contributed by atoms with Crippen molar-refractivity contribution in [2.75, 3.05) is 26.2 Å². The maximum Gasteiger partial charge on any atom is 0.328 e. The smallest absolute Gasteiger partial charge is 0.328 e. The van der Waals surface area contributed by atoms with Gasteiger partial charge in [0, 0.05) is 19.6 Å². The average Bonchev–Trinajstić information content (AvgIpc) is 2.26. The van der Waals surface area contributed by atoms with Crippen molar-refractivity contribution >= 4 is 5.97 Å². The largest absolute Gasteiger partial charge is 0.459 e. The number of carbonyl (C=O) groups is 1. The summed E-state index contributed by atoms with van der Waals surface area (Å²) in [5, 5.41) is 3.35. The van der Waals surface area contributed by atoms with Crippen LogP contribution in [0.3, 0.4) is 0 Å². The van der Waals surface area contributed by atoms with Gasteiger partial charge in [-0.15, -0.1) is 0 Å². The molecule has 0 spiro atoms. The summed E-state index contributed by atoms with van der Waals surface area (Å²) in [6.07, 6.45) is 3.25. The molecular formula is C13H24N2O2. The summed E-state index contributed by atoms with van der Waals surface area (Å²) in [7, 11) is 0. The zero-order valence-electron chi connectivity index (χ0n) is 11.2. The number of ether oxygens (including phenoxy) is 1. The van der Waals surface area contributed by atoms with Crippen molar-refractivity contribution in [1.82, 2.24) is 10.2 Å². The van der Waals surface area contributed by atoms with Gasteiger partial charge in [-0.3, -0.25) is 4.90 Å². The number of esters is 1. The van der Waals surface area contributed by atoms with Crippen molar-refractivity contribution in [3.8, 4) is 0 Å². The van der Waals surface area contributed by atoms with Crippen LogP contribution in [0.25, 0.3) is 0 Å². The fourth-order valence-electron chi connectivity index (χ4n) is 2.80. The van der Waals surface area contributed by atoms with E-state index < -0.39 is 11.1 Å². The minimum absolute atomic E-state index is 0.0445. The quantitative estimate of drug-likeness (QED) is 0.698. The van der Waals surface area contributed by atoms with Gasteiger partial charge in [-0.1, -0.05) is 0 Å². The monoisotopic (exact) mass is 240 g/mol. The van der Waals surface area contributed by atoms with Crippen molar-refractivity contribution in [3.05, 3.63) is 0 Å². The maximum absolute atomic E-state index is 12.5. The lowest BCUT2D eigenvalue weighted by Crippen LogP contribution is -2.67. The summed E-state index contributed by atoms with van der Waals surface area (Å²) in [6, 6.07) is 0. The number of rotatable bonds is 1. The number of nitrogens with zero attached hydrogens (tertiary/aromatic N) is 1. The Hall–Kier alpha value is -0.610. The van der Waals surface area contributed by atoms with E-state index in [9.17, 15) is 4.79 Å². The van der Waals surface area contributed by atoms with Gasteiger partial charge in [-0.2, -0.15) is 0 Å². The van der Waals surface area contributed by atoms with Crippen LogP contribution in [0, 0.1) is 0 Å². The molecule has 0 bridgehead atoms. The summed E-state index contributed by atoms with van der Waals surface area (Å²) >= 11 is 0. The molecule has 0 saturated carbocycles. The Bertz CT molecular complexity index is 284. The van der Waals surface area contributed by atoms with Crippen LogP contribution in [0.1, 0.15) is 40.0 Å². The Balaban J connectivity index is 2.15. The first-order valence-corrected chi connectivity index (χ1v) is 6.63. The number of hydrogen-bond donors (Lipinski definition) is 1. The Kier molecular flexibility index (Phi) is 3.46. The van der Waals surface area contributed by atoms with E-state index in [-0.39, 0.29) is 5.97 Å². The first-order valence-electron chi connectivity index (χ1n) is 6.63. The van der Waals surface area contributed by atoms with E-state index in [1.54, 1.807) is 0 Å². The van der Waals surface area contributed by atoms with Crippen LogP contribution in [0.15, 0.2) is 0 Å². The molecule has 1 N–H and O–H groups in total. The van der Waals surface area contributed by atoms with Gasteiger partial charge in [0.15, 0.2) is 0 Å². The van der Waals surface area contributed by atoms with E-state index >= 15 is 0 Å². The summed E-state index contributed by atoms with van der Waals surface area (Å²) < 4.78 is 5.62. The summed E-state index contributed by atoms with van der Waals surface area (Å²) in [5.41, 5.74) is -0.795. The van der Waals surface area contributed by atoms with E-state index in [1.165, 1.54) is 6.42 Å². The van der Waals surface area contributed by atoms with Gasteiger partial charge in [0.05, 0.1) is 0 Å². The number of carbonyl (C=O) groups excluding carboxylic acids is 1. The molecule has 4 nitrogen and oxygen atoms in total. The summed E-state index contributed by atoms with van der Waals surface area (Å²) in [5.74, 6) is -0.0445. The van der Waals surface area contributed by atoms with Crippen LogP contribution >= 0.6 is 0 Å². The van der Waals surface area contributed by atoms with Gasteiger partial charge in [-0.05, 0) is 46.6 Å². The molecule has 2 saturated heterocycles. The summed E-state index contributed by atoms with van der Waals surface area (Å²) in [6.45, 7) is 9.51. The van der Waals surface area contributed by atoms with Crippen LogP contribution in [0.5, 0.6) is 0 Å². The molecule has 0 radical (unpaired) electrons. The van der Waals surface area contributed by atoms with Crippen LogP contribution in [0.4, 0.5) is 0 Å². The second-order valence-corrected chi connectivity index (χ2v) is 6.15. The number of piperidine rings is 1. The Morgan fingerprint density at radius 2 is 2.06 bits per heavy atom. The van der Waals surface area contributed by atoms with Gasteiger partial charge < -0.3 is 10.1 Å². The van der Waals surface area contributed by atoms with Gasteiger partial charge in [-0.25, -0.2) is 4.79 Å². The average molecular weight is 240 g/mol. The number of nitrogens with one attached hydrogen (secondary N) is 1. The molecule has 2 fully saturated rings. The van der Waals surface area contributed by atoms with E-state index in [4.69, 9.17) is 4.74 Å². The molecule has 0 aromatic heterocycles. The second-order valence-electron chi connectivity index (χ2n) is 6.15. The van der Waals surface area contributed by atoms with Gasteiger partial charge >= 0.3 is 5.97 Å². The zero-order chi connectivity index (χ0) is 12.5. The molecule has 17 heavy (non-hydrogen) atoms. The lowest BCUT2D eigenvalue weighted by molar-refractivity contribution is -0.174. The van der Waals surface area contributed by atoms with E-state index in [0.717, 1.165) is 39.0 Å². The third-order valence-corrected chi connectivity index (χ3v) is 3.63. The van der Waals surface area contributed by atoms with Gasteiger partial charge in [0.25, 0.3) is 0 Å². The predicted molar refractivity (Wildman–Crippen MR) is 66.9 cm³/mol. The topological polar surface area (TPSA) is 41.6 Å². The minimum atomic E-state index is -0.399. The maximum atomic E-state index is 12.5. The van der Waals surface area contributed by atoms with E-state index in [1.807, 2.05) is 20.8 Å². The molecule has 2 aliphatic rings. The lowest BCUT2D eigenvalue weighted by atomic mass is 9.84. The second kappa shape index (κ2) is 4.58. The number of fused-ring (bicyclic) bond motifs is 1. The molecule has 98 valence electrons. The number of hydrogen-bond acceptors (Lipinski definition) is 4. The lowest BCUT2D eigenvalue weighted by Gasteiger charge is -2.49. The van der Waals surface area contributed by atoms with Crippen molar-refractivity contribution < 1.29 is 9.53 Å². The van der Waals surface area contributed by atoms with Crippen LogP contribution < -0.4 is 5.32 Å². The predicted octanol–water partition coefficient (Wildman–Crippen LogP) is 1.16. The SMILES string of the molecule is CC(C)(C)OC(=O)C12CCCCN1CCNC2. The standard InChI is InChI=1S/C13H24N2O2/c1-12(2,3)17-11(16)13-6-4-5-8-15(13)9-7-14-10-13/h14H,4-10H2,1-3H3. The third kappa shape index (κ3) is 2.63. The molecular weight excluding hydrogens is 216 g/mol. The van der Waals surface area contributed by atoms with Crippen molar-refractivity contribution in [2.45, 2.75) is 51.2 Å². The fourth-order valence-corrected chi connectivity index (χ4v) is 2.80. The molecule has 1 unspecified atom stereocenters. The molecule has 0 aliphatic carbocycles. The van der Waals surface area contributed by atoms with E-state index in [0.29, 0.717) is 0 Å². The van der Waals surface area contributed by atoms with Gasteiger partial charge in [0.2, 0.25) is 0 Å². The van der Waals surface area contributed by atoms with Gasteiger partial charge in [0.1, 0.15) is 11.1 Å². The molecule has 0 aromatic carbocycles. The first-order chi connectivity index (χ1) is 7.94. The zero-order valence-corrected chi connectivity index (χ0v) is 11.2. The highest BCUT2D eigenvalue weighted by Crippen LogP contribution is 2.31. The fraction of sp³-hybridized carbons (Fsp3) is 0.923. The highest BCUT2D eigenvalue weighted by atomic mass is 16.6. The third-order valence-electron chi connectivity index (χ3n) is 3.63. The van der Waals surface area contributed by atoms with E-state index in [2.05, 4.69) is 10.2 Å². The Morgan fingerprint density at radius 3 is 2.76 bits per heavy atom. The molecule has 2 heterocycles. The van der Waals surface area contributed by atoms with Crippen LogP contribution in [-0.2, 0) is 9.53 Å². The summed E-state index contributed by atoms with van der Waals surface area (Å²) in [4.78, 5) is 14.8. The van der Waals surface area contributed by atoms with Crippen molar-refractivity contribution in [3.63, 3.8) is 0 Å². The highest BCUT2D eigenvalue weighted by molar-refractivity contribution is 5.82. The normalized spacial score (nSPS) is 30.8. The minimum Gasteiger partial charge on any atom is -0.459 e. The van der Waals surface area contributed by atoms with Crippen molar-refractivity contribution in [2.24, 2.45) is 0 Å². The van der Waals surface area contributed by atoms with Crippen LogP contribution in [-0.4, -0.2) is 48.2 Å². The molecule has 2 aliphatic heterocycles.